The van der Waals surface area contributed by atoms with Crippen LogP contribution in [0.3, 0.4) is 0 Å². The molecular formula is C14H14FN3O5S. The zero-order chi connectivity index (χ0) is 17.3. The summed E-state index contributed by atoms with van der Waals surface area (Å²) in [5, 5.41) is 7.69. The molecule has 0 saturated carbocycles. The van der Waals surface area contributed by atoms with Gasteiger partial charge < -0.3 is 9.15 Å². The van der Waals surface area contributed by atoms with E-state index >= 15 is 0 Å². The van der Waals surface area contributed by atoms with Gasteiger partial charge in [0.15, 0.2) is 0 Å². The summed E-state index contributed by atoms with van der Waals surface area (Å²) in [6.45, 7) is 0.0201. The number of carbonyl (C=O) groups is 1. The van der Waals surface area contributed by atoms with Crippen LogP contribution in [-0.2, 0) is 15.0 Å². The van der Waals surface area contributed by atoms with Crippen LogP contribution in [-0.4, -0.2) is 43.9 Å². The van der Waals surface area contributed by atoms with Crippen LogP contribution >= 0.6 is 0 Å². The van der Waals surface area contributed by atoms with E-state index in [1.54, 1.807) is 31.4 Å². The lowest BCUT2D eigenvalue weighted by atomic mass is 10.1. The highest BCUT2D eigenvalue weighted by Gasteiger charge is 2.36. The van der Waals surface area contributed by atoms with Gasteiger partial charge in [-0.25, -0.2) is 0 Å². The molecule has 1 fully saturated rings. The van der Waals surface area contributed by atoms with Gasteiger partial charge in [-0.3, -0.25) is 9.69 Å². The highest BCUT2D eigenvalue weighted by molar-refractivity contribution is 7.86. The molecule has 0 radical (unpaired) electrons. The number of ether oxygens (including phenoxy) is 1. The molecular weight excluding hydrogens is 341 g/mol. The van der Waals surface area contributed by atoms with Crippen LogP contribution in [0.25, 0.3) is 11.5 Å². The number of carbonyl (C=O) groups excluding carboxylic acids is 1. The third-order valence-corrected chi connectivity index (χ3v) is 4.49. The van der Waals surface area contributed by atoms with Gasteiger partial charge in [0.05, 0.1) is 12.9 Å². The van der Waals surface area contributed by atoms with Crippen LogP contribution in [0.2, 0.25) is 0 Å². The van der Waals surface area contributed by atoms with Gasteiger partial charge in [-0.1, -0.05) is 5.10 Å². The number of aromatic nitrogens is 2. The molecule has 1 amide bonds. The van der Waals surface area contributed by atoms with Crippen LogP contribution in [0, 0.1) is 5.92 Å². The van der Waals surface area contributed by atoms with Crippen molar-refractivity contribution in [1.82, 2.24) is 10.2 Å². The van der Waals surface area contributed by atoms with E-state index in [0.717, 1.165) is 0 Å². The summed E-state index contributed by atoms with van der Waals surface area (Å²) in [5.74, 6) is -0.836. The zero-order valence-electron chi connectivity index (χ0n) is 12.7. The van der Waals surface area contributed by atoms with E-state index in [4.69, 9.17) is 9.15 Å². The Labute approximate surface area is 137 Å². The number of hydrogen-bond acceptors (Lipinski definition) is 7. The Kier molecular flexibility index (Phi) is 4.22. The van der Waals surface area contributed by atoms with E-state index in [0.29, 0.717) is 11.3 Å². The molecule has 1 aromatic heterocycles. The topological polar surface area (TPSA) is 103 Å². The lowest BCUT2D eigenvalue weighted by Gasteiger charge is -2.10. The fourth-order valence-corrected chi connectivity index (χ4v) is 3.32. The summed E-state index contributed by atoms with van der Waals surface area (Å²) >= 11 is 0. The molecule has 3 rings (SSSR count). The molecule has 24 heavy (non-hydrogen) atoms. The summed E-state index contributed by atoms with van der Waals surface area (Å²) in [6.07, 6.45) is -0.0800. The molecule has 1 atom stereocenters. The van der Waals surface area contributed by atoms with Crippen LogP contribution in [0.1, 0.15) is 6.42 Å². The van der Waals surface area contributed by atoms with Crippen molar-refractivity contribution < 1.29 is 26.3 Å². The molecule has 1 aliphatic heterocycles. The minimum absolute atomic E-state index is 0.0201. The molecule has 1 saturated heterocycles. The van der Waals surface area contributed by atoms with E-state index in [9.17, 15) is 17.1 Å². The fraction of sp³-hybridized carbons (Fsp3) is 0.357. The van der Waals surface area contributed by atoms with E-state index in [1.807, 2.05) is 0 Å². The molecule has 10 heteroatoms. The second-order valence-electron chi connectivity index (χ2n) is 5.40. The standard InChI is InChI=1S/C14H14FN3O5S/c1-22-11-4-2-10(3-5-11)13-16-17-14(23-13)18-7-9(6-12(18)19)8-24(15,20)21/h2-5,9H,6-8H2,1H3. The maximum absolute atomic E-state index is 12.8. The van der Waals surface area contributed by atoms with E-state index < -0.39 is 21.9 Å². The Bertz CT molecular complexity index is 850. The van der Waals surface area contributed by atoms with Gasteiger partial charge in [-0.2, -0.15) is 8.42 Å². The number of benzene rings is 1. The van der Waals surface area contributed by atoms with E-state index in [2.05, 4.69) is 10.2 Å². The zero-order valence-corrected chi connectivity index (χ0v) is 13.5. The largest absolute Gasteiger partial charge is 0.497 e. The molecule has 8 nitrogen and oxygen atoms in total. The maximum Gasteiger partial charge on any atom is 0.325 e. The highest BCUT2D eigenvalue weighted by atomic mass is 32.3. The molecule has 1 unspecified atom stereocenters. The maximum atomic E-state index is 12.8. The quantitative estimate of drug-likeness (QED) is 0.747. The van der Waals surface area contributed by atoms with Gasteiger partial charge in [0.1, 0.15) is 5.75 Å². The van der Waals surface area contributed by atoms with E-state index in [-0.39, 0.29) is 30.8 Å². The van der Waals surface area contributed by atoms with Crippen LogP contribution in [0.4, 0.5) is 9.90 Å². The van der Waals surface area contributed by atoms with Crippen molar-refractivity contribution in [3.8, 4) is 17.2 Å². The molecule has 0 spiro atoms. The van der Waals surface area contributed by atoms with Crippen molar-refractivity contribution in [2.24, 2.45) is 5.92 Å². The number of nitrogens with zero attached hydrogens (tertiary/aromatic N) is 3. The Hall–Kier alpha value is -2.49. The van der Waals surface area contributed by atoms with Crippen LogP contribution in [0.5, 0.6) is 5.75 Å². The van der Waals surface area contributed by atoms with Gasteiger partial charge in [0, 0.05) is 24.4 Å². The first-order chi connectivity index (χ1) is 11.4. The molecule has 1 aromatic carbocycles. The second-order valence-corrected chi connectivity index (χ2v) is 6.81. The molecule has 0 bridgehead atoms. The number of rotatable bonds is 5. The van der Waals surface area contributed by atoms with Crippen molar-refractivity contribution in [2.45, 2.75) is 6.42 Å². The number of anilines is 1. The first-order valence-corrected chi connectivity index (χ1v) is 8.61. The average Bonchev–Trinajstić information content (AvgIpc) is 3.12. The Morgan fingerprint density at radius 3 is 2.67 bits per heavy atom. The Morgan fingerprint density at radius 1 is 1.33 bits per heavy atom. The normalized spacial score (nSPS) is 18.2. The van der Waals surface area contributed by atoms with Gasteiger partial charge in [0.25, 0.3) is 0 Å². The van der Waals surface area contributed by atoms with Gasteiger partial charge in [0.2, 0.25) is 11.8 Å². The third-order valence-electron chi connectivity index (χ3n) is 3.62. The first-order valence-electron chi connectivity index (χ1n) is 7.06. The SMILES string of the molecule is COc1ccc(-c2nnc(N3CC(CS(=O)(=O)F)CC3=O)o2)cc1. The van der Waals surface area contributed by atoms with Gasteiger partial charge in [-0.15, -0.1) is 8.98 Å². The number of halogens is 1. The first kappa shape index (κ1) is 16.4. The van der Waals surface area contributed by atoms with Gasteiger partial charge in [-0.05, 0) is 24.3 Å². The minimum atomic E-state index is -4.64. The summed E-state index contributed by atoms with van der Waals surface area (Å²) in [4.78, 5) is 13.1. The Balaban J connectivity index is 1.76. The smallest absolute Gasteiger partial charge is 0.325 e. The minimum Gasteiger partial charge on any atom is -0.497 e. The second kappa shape index (κ2) is 6.19. The lowest BCUT2D eigenvalue weighted by Crippen LogP contribution is -2.25. The van der Waals surface area contributed by atoms with Gasteiger partial charge >= 0.3 is 16.2 Å². The summed E-state index contributed by atoms with van der Waals surface area (Å²) in [5.41, 5.74) is 0.643. The highest BCUT2D eigenvalue weighted by Crippen LogP contribution is 2.28. The summed E-state index contributed by atoms with van der Waals surface area (Å²) in [6, 6.07) is 6.86. The number of amides is 1. The molecule has 0 N–H and O–H groups in total. The summed E-state index contributed by atoms with van der Waals surface area (Å²) < 4.78 is 44.7. The van der Waals surface area contributed by atoms with Crippen molar-refractivity contribution >= 4 is 22.1 Å². The predicted molar refractivity (Wildman–Crippen MR) is 81.6 cm³/mol. The average molecular weight is 355 g/mol. The van der Waals surface area contributed by atoms with Crippen molar-refractivity contribution in [1.29, 1.82) is 0 Å². The molecule has 0 aliphatic carbocycles. The monoisotopic (exact) mass is 355 g/mol. The van der Waals surface area contributed by atoms with Crippen LogP contribution < -0.4 is 9.64 Å². The molecule has 128 valence electrons. The summed E-state index contributed by atoms with van der Waals surface area (Å²) in [7, 11) is -3.09. The Morgan fingerprint density at radius 2 is 2.04 bits per heavy atom. The van der Waals surface area contributed by atoms with Crippen molar-refractivity contribution in [3.63, 3.8) is 0 Å². The lowest BCUT2D eigenvalue weighted by molar-refractivity contribution is -0.117. The van der Waals surface area contributed by atoms with Crippen LogP contribution in [0.15, 0.2) is 28.7 Å². The van der Waals surface area contributed by atoms with Crippen molar-refractivity contribution in [2.75, 3.05) is 24.3 Å². The fourth-order valence-electron chi connectivity index (χ4n) is 2.53. The molecule has 1 aliphatic rings. The predicted octanol–water partition coefficient (Wildman–Crippen LogP) is 1.40. The number of methoxy groups -OCH3 is 1. The van der Waals surface area contributed by atoms with E-state index in [1.165, 1.54) is 4.90 Å². The molecule has 2 heterocycles. The third kappa shape index (κ3) is 3.53. The van der Waals surface area contributed by atoms with Crippen molar-refractivity contribution in [3.05, 3.63) is 24.3 Å². The molecule has 2 aromatic rings. The number of hydrogen-bond donors (Lipinski definition) is 0.